The molecule has 1 aromatic carbocycles. The normalized spacial score (nSPS) is 12.4. The summed E-state index contributed by atoms with van der Waals surface area (Å²) in [7, 11) is 0. The van der Waals surface area contributed by atoms with Crippen molar-refractivity contribution in [2.45, 2.75) is 12.5 Å². The Morgan fingerprint density at radius 1 is 1.33 bits per heavy atom. The Hall–Kier alpha value is -0.970. The summed E-state index contributed by atoms with van der Waals surface area (Å²) in [5.74, 6) is -0.379. The second-order valence-electron chi connectivity index (χ2n) is 3.86. The van der Waals surface area contributed by atoms with Crippen LogP contribution < -0.4 is 0 Å². The van der Waals surface area contributed by atoms with Gasteiger partial charge in [-0.1, -0.05) is 11.6 Å². The van der Waals surface area contributed by atoms with Crippen molar-refractivity contribution < 1.29 is 9.50 Å². The van der Waals surface area contributed by atoms with E-state index >= 15 is 0 Å². The SMILES string of the molecule is OC(Cc1cc(Cl)ccc1F)c1ccc(Br)cn1. The molecule has 0 radical (unpaired) electrons. The van der Waals surface area contributed by atoms with Crippen LogP contribution in [-0.2, 0) is 6.42 Å². The van der Waals surface area contributed by atoms with E-state index in [2.05, 4.69) is 20.9 Å². The van der Waals surface area contributed by atoms with Crippen molar-refractivity contribution in [1.29, 1.82) is 0 Å². The minimum Gasteiger partial charge on any atom is -0.386 e. The van der Waals surface area contributed by atoms with Gasteiger partial charge in [-0.3, -0.25) is 4.98 Å². The van der Waals surface area contributed by atoms with E-state index in [-0.39, 0.29) is 12.2 Å². The van der Waals surface area contributed by atoms with Gasteiger partial charge < -0.3 is 5.11 Å². The molecule has 1 unspecified atom stereocenters. The molecule has 0 saturated carbocycles. The number of nitrogens with zero attached hydrogens (tertiary/aromatic N) is 1. The van der Waals surface area contributed by atoms with Crippen LogP contribution in [0.2, 0.25) is 5.02 Å². The van der Waals surface area contributed by atoms with Gasteiger partial charge in [-0.05, 0) is 51.8 Å². The fourth-order valence-electron chi connectivity index (χ4n) is 1.60. The van der Waals surface area contributed by atoms with Crippen molar-refractivity contribution in [3.8, 4) is 0 Å². The van der Waals surface area contributed by atoms with E-state index < -0.39 is 6.10 Å². The molecule has 0 spiro atoms. The van der Waals surface area contributed by atoms with Gasteiger partial charge in [-0.15, -0.1) is 0 Å². The number of aromatic nitrogens is 1. The molecule has 0 amide bonds. The first-order valence-electron chi connectivity index (χ1n) is 5.29. The third kappa shape index (κ3) is 3.28. The quantitative estimate of drug-likeness (QED) is 0.925. The van der Waals surface area contributed by atoms with Crippen LogP contribution in [0.4, 0.5) is 4.39 Å². The van der Waals surface area contributed by atoms with Crippen LogP contribution in [0.3, 0.4) is 0 Å². The molecule has 0 aliphatic rings. The first-order chi connectivity index (χ1) is 8.56. The second kappa shape index (κ2) is 5.78. The number of pyridine rings is 1. The van der Waals surface area contributed by atoms with E-state index in [4.69, 9.17) is 11.6 Å². The molecule has 0 bridgehead atoms. The number of hydrogen-bond donors (Lipinski definition) is 1. The highest BCUT2D eigenvalue weighted by molar-refractivity contribution is 9.10. The van der Waals surface area contributed by atoms with Gasteiger partial charge in [-0.2, -0.15) is 0 Å². The summed E-state index contributed by atoms with van der Waals surface area (Å²) in [6.07, 6.45) is 0.875. The molecular weight excluding hydrogens is 321 g/mol. The molecule has 94 valence electrons. The van der Waals surface area contributed by atoms with E-state index in [1.807, 2.05) is 0 Å². The molecule has 0 aliphatic carbocycles. The molecule has 1 N–H and O–H groups in total. The van der Waals surface area contributed by atoms with Crippen molar-refractivity contribution in [2.24, 2.45) is 0 Å². The highest BCUT2D eigenvalue weighted by Crippen LogP contribution is 2.22. The summed E-state index contributed by atoms with van der Waals surface area (Å²) in [5, 5.41) is 10.4. The maximum absolute atomic E-state index is 13.5. The number of halogens is 3. The molecule has 1 atom stereocenters. The number of hydrogen-bond acceptors (Lipinski definition) is 2. The number of aliphatic hydroxyl groups is 1. The Bertz CT molecular complexity index is 547. The van der Waals surface area contributed by atoms with Crippen molar-refractivity contribution in [3.63, 3.8) is 0 Å². The van der Waals surface area contributed by atoms with Crippen LogP contribution in [0, 0.1) is 5.82 Å². The van der Waals surface area contributed by atoms with Crippen molar-refractivity contribution >= 4 is 27.5 Å². The Kier molecular flexibility index (Phi) is 4.32. The van der Waals surface area contributed by atoms with Crippen LogP contribution in [-0.4, -0.2) is 10.1 Å². The van der Waals surface area contributed by atoms with Crippen molar-refractivity contribution in [3.05, 3.63) is 63.1 Å². The van der Waals surface area contributed by atoms with Crippen LogP contribution in [0.25, 0.3) is 0 Å². The standard InChI is InChI=1S/C13H10BrClFNO/c14-9-1-4-12(17-7-9)13(18)6-8-5-10(15)2-3-11(8)16/h1-5,7,13,18H,6H2. The minimum absolute atomic E-state index is 0.140. The zero-order valence-corrected chi connectivity index (χ0v) is 11.6. The van der Waals surface area contributed by atoms with Gasteiger partial charge in [0.05, 0.1) is 5.69 Å². The minimum atomic E-state index is -0.855. The van der Waals surface area contributed by atoms with Crippen LogP contribution in [0.5, 0.6) is 0 Å². The lowest BCUT2D eigenvalue weighted by Crippen LogP contribution is -2.05. The average Bonchev–Trinajstić information content (AvgIpc) is 2.34. The molecule has 2 aromatic rings. The van der Waals surface area contributed by atoms with Gasteiger partial charge in [0.2, 0.25) is 0 Å². The predicted octanol–water partition coefficient (Wildman–Crippen LogP) is 3.91. The van der Waals surface area contributed by atoms with E-state index in [1.165, 1.54) is 18.2 Å². The molecule has 1 heterocycles. The van der Waals surface area contributed by atoms with Crippen molar-refractivity contribution in [2.75, 3.05) is 0 Å². The Labute approximate surface area is 118 Å². The average molecular weight is 331 g/mol. The van der Waals surface area contributed by atoms with E-state index in [9.17, 15) is 9.50 Å². The predicted molar refractivity (Wildman–Crippen MR) is 72.0 cm³/mol. The van der Waals surface area contributed by atoms with Crippen LogP contribution in [0.15, 0.2) is 41.0 Å². The largest absolute Gasteiger partial charge is 0.386 e. The summed E-state index contributed by atoms with van der Waals surface area (Å²) in [5.41, 5.74) is 0.872. The molecule has 1 aromatic heterocycles. The molecule has 0 aliphatic heterocycles. The van der Waals surface area contributed by atoms with Gasteiger partial charge in [0.1, 0.15) is 11.9 Å². The molecule has 18 heavy (non-hydrogen) atoms. The topological polar surface area (TPSA) is 33.1 Å². The second-order valence-corrected chi connectivity index (χ2v) is 5.21. The first-order valence-corrected chi connectivity index (χ1v) is 6.47. The number of rotatable bonds is 3. The number of benzene rings is 1. The number of aliphatic hydroxyl groups excluding tert-OH is 1. The van der Waals surface area contributed by atoms with Crippen LogP contribution in [0.1, 0.15) is 17.4 Å². The summed E-state index contributed by atoms with van der Waals surface area (Å²) in [6, 6.07) is 7.75. The lowest BCUT2D eigenvalue weighted by molar-refractivity contribution is 0.172. The zero-order chi connectivity index (χ0) is 13.1. The maximum Gasteiger partial charge on any atom is 0.126 e. The van der Waals surface area contributed by atoms with Gasteiger partial charge in [-0.25, -0.2) is 4.39 Å². The molecule has 0 fully saturated rings. The van der Waals surface area contributed by atoms with Gasteiger partial charge in [0.15, 0.2) is 0 Å². The van der Waals surface area contributed by atoms with E-state index in [0.717, 1.165) is 4.47 Å². The summed E-state index contributed by atoms with van der Waals surface area (Å²) in [6.45, 7) is 0. The third-order valence-corrected chi connectivity index (χ3v) is 3.22. The highest BCUT2D eigenvalue weighted by Gasteiger charge is 2.13. The third-order valence-electron chi connectivity index (χ3n) is 2.51. The van der Waals surface area contributed by atoms with E-state index in [1.54, 1.807) is 18.3 Å². The first kappa shape index (κ1) is 13.5. The lowest BCUT2D eigenvalue weighted by Gasteiger charge is -2.11. The summed E-state index contributed by atoms with van der Waals surface area (Å²) < 4.78 is 14.3. The maximum atomic E-state index is 13.5. The van der Waals surface area contributed by atoms with Crippen molar-refractivity contribution in [1.82, 2.24) is 4.98 Å². The fraction of sp³-hybridized carbons (Fsp3) is 0.154. The monoisotopic (exact) mass is 329 g/mol. The van der Waals surface area contributed by atoms with E-state index in [0.29, 0.717) is 16.3 Å². The summed E-state index contributed by atoms with van der Waals surface area (Å²) in [4.78, 5) is 4.07. The van der Waals surface area contributed by atoms with Gasteiger partial charge in [0, 0.05) is 22.1 Å². The lowest BCUT2D eigenvalue weighted by atomic mass is 10.0. The molecule has 2 nitrogen and oxygen atoms in total. The van der Waals surface area contributed by atoms with Crippen LogP contribution >= 0.6 is 27.5 Å². The highest BCUT2D eigenvalue weighted by atomic mass is 79.9. The fourth-order valence-corrected chi connectivity index (χ4v) is 2.03. The smallest absolute Gasteiger partial charge is 0.126 e. The summed E-state index contributed by atoms with van der Waals surface area (Å²) >= 11 is 9.06. The Morgan fingerprint density at radius 3 is 2.78 bits per heavy atom. The Morgan fingerprint density at radius 2 is 2.11 bits per heavy atom. The Balaban J connectivity index is 2.18. The molecule has 2 rings (SSSR count). The van der Waals surface area contributed by atoms with Gasteiger partial charge >= 0.3 is 0 Å². The van der Waals surface area contributed by atoms with Gasteiger partial charge in [0.25, 0.3) is 0 Å². The zero-order valence-electron chi connectivity index (χ0n) is 9.28. The molecule has 5 heteroatoms. The molecule has 0 saturated heterocycles. The molecular formula is C13H10BrClFNO.